The van der Waals surface area contributed by atoms with Gasteiger partial charge in [-0.25, -0.2) is 13.8 Å². The molecule has 1 saturated heterocycles. The van der Waals surface area contributed by atoms with E-state index in [9.17, 15) is 13.6 Å². The number of carboxylic acids is 1. The van der Waals surface area contributed by atoms with E-state index < -0.39 is 23.6 Å². The number of rotatable bonds is 4. The van der Waals surface area contributed by atoms with Crippen molar-refractivity contribution in [3.05, 3.63) is 40.2 Å². The molecule has 1 aromatic carbocycles. The molecule has 22 heavy (non-hydrogen) atoms. The highest BCUT2D eigenvalue weighted by molar-refractivity contribution is 7.09. The van der Waals surface area contributed by atoms with Crippen LogP contribution in [0.3, 0.4) is 0 Å². The minimum Gasteiger partial charge on any atom is -0.480 e. The van der Waals surface area contributed by atoms with Crippen molar-refractivity contribution >= 4 is 17.3 Å². The van der Waals surface area contributed by atoms with Crippen molar-refractivity contribution in [1.29, 1.82) is 0 Å². The maximum absolute atomic E-state index is 13.8. The molecule has 1 aliphatic rings. The topological polar surface area (TPSA) is 53.4 Å². The summed E-state index contributed by atoms with van der Waals surface area (Å²) in [6.07, 6.45) is 1.45. The molecule has 0 radical (unpaired) electrons. The number of carbonyl (C=O) groups is 1. The van der Waals surface area contributed by atoms with Crippen LogP contribution in [0.15, 0.2) is 23.6 Å². The molecule has 3 rings (SSSR count). The Morgan fingerprint density at radius 1 is 1.41 bits per heavy atom. The predicted octanol–water partition coefficient (Wildman–Crippen LogP) is 3.14. The number of hydrogen-bond acceptors (Lipinski definition) is 4. The van der Waals surface area contributed by atoms with E-state index in [4.69, 9.17) is 5.11 Å². The molecule has 2 heterocycles. The highest BCUT2D eigenvalue weighted by Gasteiger charge is 2.31. The summed E-state index contributed by atoms with van der Waals surface area (Å²) in [7, 11) is 0. The lowest BCUT2D eigenvalue weighted by Gasteiger charge is -2.19. The molecule has 0 saturated carbocycles. The van der Waals surface area contributed by atoms with E-state index in [0.29, 0.717) is 24.5 Å². The second-order valence-electron chi connectivity index (χ2n) is 5.19. The molecule has 4 nitrogen and oxygen atoms in total. The number of benzene rings is 1. The third-order valence-corrected chi connectivity index (χ3v) is 4.59. The van der Waals surface area contributed by atoms with Crippen molar-refractivity contribution < 1.29 is 18.7 Å². The first-order chi connectivity index (χ1) is 10.6. The molecule has 1 aromatic heterocycles. The van der Waals surface area contributed by atoms with Gasteiger partial charge < -0.3 is 5.11 Å². The molecule has 0 spiro atoms. The van der Waals surface area contributed by atoms with Gasteiger partial charge in [0.1, 0.15) is 22.7 Å². The highest BCUT2D eigenvalue weighted by Crippen LogP contribution is 2.29. The molecule has 0 aliphatic carbocycles. The molecule has 7 heteroatoms. The van der Waals surface area contributed by atoms with E-state index >= 15 is 0 Å². The number of likely N-dealkylation sites (tertiary alicyclic amines) is 1. The lowest BCUT2D eigenvalue weighted by molar-refractivity contribution is -0.142. The van der Waals surface area contributed by atoms with Crippen molar-refractivity contribution in [2.75, 3.05) is 6.54 Å². The summed E-state index contributed by atoms with van der Waals surface area (Å²) in [5.41, 5.74) is 0.114. The van der Waals surface area contributed by atoms with Crippen LogP contribution in [0, 0.1) is 11.6 Å². The third kappa shape index (κ3) is 2.86. The minimum absolute atomic E-state index is 0.138. The van der Waals surface area contributed by atoms with Gasteiger partial charge in [0.15, 0.2) is 0 Å². The Bertz CT molecular complexity index is 684. The Morgan fingerprint density at radius 2 is 2.14 bits per heavy atom. The maximum Gasteiger partial charge on any atom is 0.320 e. The molecule has 1 aliphatic heterocycles. The van der Waals surface area contributed by atoms with E-state index in [-0.39, 0.29) is 11.3 Å². The summed E-state index contributed by atoms with van der Waals surface area (Å²) >= 11 is 1.28. The Kier molecular flexibility index (Phi) is 4.17. The van der Waals surface area contributed by atoms with Crippen LogP contribution in [-0.4, -0.2) is 33.5 Å². The second-order valence-corrected chi connectivity index (χ2v) is 6.13. The lowest BCUT2D eigenvalue weighted by atomic mass is 10.1. The fraction of sp³-hybridized carbons (Fsp3) is 0.333. The molecule has 1 fully saturated rings. The highest BCUT2D eigenvalue weighted by atomic mass is 32.1. The van der Waals surface area contributed by atoms with Crippen LogP contribution < -0.4 is 0 Å². The van der Waals surface area contributed by atoms with Crippen molar-refractivity contribution in [2.45, 2.75) is 25.4 Å². The van der Waals surface area contributed by atoms with Crippen LogP contribution >= 0.6 is 11.3 Å². The zero-order chi connectivity index (χ0) is 15.7. The van der Waals surface area contributed by atoms with Gasteiger partial charge in [-0.3, -0.25) is 9.69 Å². The SMILES string of the molecule is O=C(O)C1CCCN1Cc1nc(-c2c(F)cccc2F)cs1. The van der Waals surface area contributed by atoms with Crippen molar-refractivity contribution in [3.8, 4) is 11.3 Å². The van der Waals surface area contributed by atoms with Gasteiger partial charge in [-0.2, -0.15) is 0 Å². The molecule has 1 atom stereocenters. The number of carboxylic acid groups (broad SMARTS) is 1. The molecular weight excluding hydrogens is 310 g/mol. The van der Waals surface area contributed by atoms with E-state index in [0.717, 1.165) is 6.42 Å². The minimum atomic E-state index is -0.838. The molecular formula is C15H14F2N2O2S. The Labute approximate surface area is 130 Å². The monoisotopic (exact) mass is 324 g/mol. The zero-order valence-electron chi connectivity index (χ0n) is 11.6. The Hall–Kier alpha value is -1.86. The summed E-state index contributed by atoms with van der Waals surface area (Å²) in [6, 6.07) is 3.19. The van der Waals surface area contributed by atoms with Gasteiger partial charge in [-0.1, -0.05) is 6.07 Å². The molecule has 116 valence electrons. The van der Waals surface area contributed by atoms with E-state index in [2.05, 4.69) is 4.98 Å². The fourth-order valence-corrected chi connectivity index (χ4v) is 3.52. The summed E-state index contributed by atoms with van der Waals surface area (Å²) < 4.78 is 27.5. The van der Waals surface area contributed by atoms with E-state index in [1.165, 1.54) is 29.5 Å². The zero-order valence-corrected chi connectivity index (χ0v) is 12.4. The number of thiazole rings is 1. The van der Waals surface area contributed by atoms with Gasteiger partial charge in [0.25, 0.3) is 0 Å². The number of hydrogen-bond donors (Lipinski definition) is 1. The first-order valence-corrected chi connectivity index (χ1v) is 7.80. The summed E-state index contributed by atoms with van der Waals surface area (Å²) in [4.78, 5) is 17.3. The second kappa shape index (κ2) is 6.10. The number of aliphatic carboxylic acids is 1. The van der Waals surface area contributed by atoms with Crippen LogP contribution in [0.5, 0.6) is 0 Å². The van der Waals surface area contributed by atoms with Crippen molar-refractivity contribution in [1.82, 2.24) is 9.88 Å². The first kappa shape index (κ1) is 15.1. The van der Waals surface area contributed by atoms with Crippen molar-refractivity contribution in [2.24, 2.45) is 0 Å². The largest absolute Gasteiger partial charge is 0.480 e. The van der Waals surface area contributed by atoms with Crippen LogP contribution in [0.25, 0.3) is 11.3 Å². The number of aromatic nitrogens is 1. The average Bonchev–Trinajstić information content (AvgIpc) is 3.09. The number of nitrogens with zero attached hydrogens (tertiary/aromatic N) is 2. The van der Waals surface area contributed by atoms with Gasteiger partial charge >= 0.3 is 5.97 Å². The average molecular weight is 324 g/mol. The predicted molar refractivity (Wildman–Crippen MR) is 78.5 cm³/mol. The molecule has 1 N–H and O–H groups in total. The standard InChI is InChI=1S/C15H14F2N2O2S/c16-9-3-1-4-10(17)14(9)11-8-22-13(18-11)7-19-6-2-5-12(19)15(20)21/h1,3-4,8,12H,2,5-7H2,(H,20,21). The molecule has 0 bridgehead atoms. The molecule has 1 unspecified atom stereocenters. The normalized spacial score (nSPS) is 18.7. The van der Waals surface area contributed by atoms with Gasteiger partial charge in [0.2, 0.25) is 0 Å². The summed E-state index contributed by atoms with van der Waals surface area (Å²) in [6.45, 7) is 1.08. The molecule has 2 aromatic rings. The van der Waals surface area contributed by atoms with E-state index in [1.54, 1.807) is 5.38 Å². The van der Waals surface area contributed by atoms with E-state index in [1.807, 2.05) is 4.90 Å². The van der Waals surface area contributed by atoms with Crippen LogP contribution in [-0.2, 0) is 11.3 Å². The smallest absolute Gasteiger partial charge is 0.320 e. The maximum atomic E-state index is 13.8. The summed E-state index contributed by atoms with van der Waals surface area (Å²) in [5.74, 6) is -2.14. The van der Waals surface area contributed by atoms with Gasteiger partial charge in [-0.15, -0.1) is 11.3 Å². The van der Waals surface area contributed by atoms with Gasteiger partial charge in [0.05, 0.1) is 17.8 Å². The quantitative estimate of drug-likeness (QED) is 0.939. The van der Waals surface area contributed by atoms with Crippen LogP contribution in [0.2, 0.25) is 0 Å². The Balaban J connectivity index is 1.81. The Morgan fingerprint density at radius 3 is 2.82 bits per heavy atom. The lowest BCUT2D eigenvalue weighted by Crippen LogP contribution is -2.35. The summed E-state index contributed by atoms with van der Waals surface area (Å²) in [5, 5.41) is 11.4. The fourth-order valence-electron chi connectivity index (χ4n) is 2.71. The van der Waals surface area contributed by atoms with Gasteiger partial charge in [0, 0.05) is 5.38 Å². The first-order valence-electron chi connectivity index (χ1n) is 6.92. The molecule has 0 amide bonds. The van der Waals surface area contributed by atoms with Crippen LogP contribution in [0.4, 0.5) is 8.78 Å². The third-order valence-electron chi connectivity index (χ3n) is 3.76. The van der Waals surface area contributed by atoms with Gasteiger partial charge in [-0.05, 0) is 31.5 Å². The number of halogens is 2. The van der Waals surface area contributed by atoms with Crippen molar-refractivity contribution in [3.63, 3.8) is 0 Å². The van der Waals surface area contributed by atoms with Crippen LogP contribution in [0.1, 0.15) is 17.8 Å².